The standard InChI is InChI=1S/C14H7BrF5NO/c15-7-1-3-9(12(17)5-7)13(22)21-8-2-4-11(16)10(6-8)14(18,19)20/h1-6H,(H,21,22). The van der Waals surface area contributed by atoms with Gasteiger partial charge in [0.15, 0.2) is 0 Å². The highest BCUT2D eigenvalue weighted by molar-refractivity contribution is 9.10. The normalized spacial score (nSPS) is 11.4. The number of hydrogen-bond acceptors (Lipinski definition) is 1. The van der Waals surface area contributed by atoms with Crippen LogP contribution >= 0.6 is 15.9 Å². The molecule has 0 heterocycles. The van der Waals surface area contributed by atoms with Crippen LogP contribution < -0.4 is 5.32 Å². The van der Waals surface area contributed by atoms with Crippen LogP contribution in [-0.2, 0) is 6.18 Å². The molecule has 0 bridgehead atoms. The van der Waals surface area contributed by atoms with Gasteiger partial charge in [0.2, 0.25) is 0 Å². The summed E-state index contributed by atoms with van der Waals surface area (Å²) >= 11 is 3.01. The number of rotatable bonds is 2. The van der Waals surface area contributed by atoms with Crippen LogP contribution in [0, 0.1) is 11.6 Å². The summed E-state index contributed by atoms with van der Waals surface area (Å²) in [6.45, 7) is 0. The summed E-state index contributed by atoms with van der Waals surface area (Å²) in [7, 11) is 0. The third-order valence-corrected chi connectivity index (χ3v) is 3.20. The second-order valence-corrected chi connectivity index (χ2v) is 5.19. The van der Waals surface area contributed by atoms with Crippen LogP contribution in [0.2, 0.25) is 0 Å². The Labute approximate surface area is 130 Å². The van der Waals surface area contributed by atoms with Gasteiger partial charge in [0.25, 0.3) is 5.91 Å². The smallest absolute Gasteiger partial charge is 0.322 e. The maximum Gasteiger partial charge on any atom is 0.419 e. The van der Waals surface area contributed by atoms with E-state index in [1.54, 1.807) is 0 Å². The molecular formula is C14H7BrF5NO. The minimum Gasteiger partial charge on any atom is -0.322 e. The quantitative estimate of drug-likeness (QED) is 0.731. The lowest BCUT2D eigenvalue weighted by Gasteiger charge is -2.11. The second kappa shape index (κ2) is 6.04. The van der Waals surface area contributed by atoms with E-state index in [9.17, 15) is 26.7 Å². The van der Waals surface area contributed by atoms with Crippen molar-refractivity contribution in [2.24, 2.45) is 0 Å². The highest BCUT2D eigenvalue weighted by Crippen LogP contribution is 2.33. The zero-order chi connectivity index (χ0) is 16.5. The van der Waals surface area contributed by atoms with Crippen molar-refractivity contribution >= 4 is 27.5 Å². The van der Waals surface area contributed by atoms with Gasteiger partial charge >= 0.3 is 6.18 Å². The monoisotopic (exact) mass is 379 g/mol. The van der Waals surface area contributed by atoms with Crippen molar-refractivity contribution in [3.8, 4) is 0 Å². The number of amides is 1. The maximum absolute atomic E-state index is 13.6. The summed E-state index contributed by atoms with van der Waals surface area (Å²) < 4.78 is 64.9. The van der Waals surface area contributed by atoms with Gasteiger partial charge in [-0.25, -0.2) is 8.78 Å². The van der Waals surface area contributed by atoms with Crippen molar-refractivity contribution in [1.29, 1.82) is 0 Å². The predicted octanol–water partition coefficient (Wildman–Crippen LogP) is 5.00. The molecule has 0 saturated heterocycles. The average Bonchev–Trinajstić information content (AvgIpc) is 2.39. The molecule has 0 unspecified atom stereocenters. The first kappa shape index (κ1) is 16.4. The summed E-state index contributed by atoms with van der Waals surface area (Å²) in [5.41, 5.74) is -2.15. The highest BCUT2D eigenvalue weighted by Gasteiger charge is 2.34. The molecule has 0 aliphatic rings. The lowest BCUT2D eigenvalue weighted by molar-refractivity contribution is -0.139. The van der Waals surface area contributed by atoms with Crippen molar-refractivity contribution in [2.75, 3.05) is 5.32 Å². The summed E-state index contributed by atoms with van der Waals surface area (Å²) in [5, 5.41) is 2.10. The Morgan fingerprint density at radius 1 is 1.00 bits per heavy atom. The van der Waals surface area contributed by atoms with E-state index >= 15 is 0 Å². The van der Waals surface area contributed by atoms with Crippen molar-refractivity contribution in [3.63, 3.8) is 0 Å². The summed E-state index contributed by atoms with van der Waals surface area (Å²) in [6, 6.07) is 5.60. The molecule has 1 amide bonds. The van der Waals surface area contributed by atoms with Gasteiger partial charge in [-0.1, -0.05) is 15.9 Å². The van der Waals surface area contributed by atoms with Gasteiger partial charge in [-0.3, -0.25) is 4.79 Å². The Morgan fingerprint density at radius 3 is 2.27 bits per heavy atom. The number of benzene rings is 2. The van der Waals surface area contributed by atoms with Gasteiger partial charge in [0.1, 0.15) is 11.6 Å². The number of nitrogens with one attached hydrogen (secondary N) is 1. The Morgan fingerprint density at radius 2 is 1.68 bits per heavy atom. The minimum atomic E-state index is -4.90. The van der Waals surface area contributed by atoms with Crippen molar-refractivity contribution in [3.05, 3.63) is 63.6 Å². The van der Waals surface area contributed by atoms with Crippen LogP contribution in [-0.4, -0.2) is 5.91 Å². The van der Waals surface area contributed by atoms with E-state index in [2.05, 4.69) is 21.2 Å². The van der Waals surface area contributed by atoms with Crippen LogP contribution in [0.3, 0.4) is 0 Å². The van der Waals surface area contributed by atoms with Crippen LogP contribution in [0.1, 0.15) is 15.9 Å². The van der Waals surface area contributed by atoms with Gasteiger partial charge in [-0.2, -0.15) is 13.2 Å². The lowest BCUT2D eigenvalue weighted by Crippen LogP contribution is -2.15. The zero-order valence-corrected chi connectivity index (χ0v) is 12.2. The van der Waals surface area contributed by atoms with Gasteiger partial charge in [-0.05, 0) is 36.4 Å². The molecule has 0 spiro atoms. The molecule has 8 heteroatoms. The molecule has 0 aliphatic carbocycles. The first-order valence-corrected chi connectivity index (χ1v) is 6.61. The molecule has 2 aromatic rings. The highest BCUT2D eigenvalue weighted by atomic mass is 79.9. The number of carbonyl (C=O) groups excluding carboxylic acids is 1. The molecule has 1 N–H and O–H groups in total. The summed E-state index contributed by atoms with van der Waals surface area (Å²) in [4.78, 5) is 11.9. The van der Waals surface area contributed by atoms with E-state index in [-0.39, 0.29) is 11.3 Å². The Bertz CT molecular complexity index is 730. The Hall–Kier alpha value is -1.96. The van der Waals surface area contributed by atoms with Crippen LogP contribution in [0.5, 0.6) is 0 Å². The molecule has 2 rings (SSSR count). The molecule has 0 aromatic heterocycles. The first-order valence-electron chi connectivity index (χ1n) is 5.81. The molecular weight excluding hydrogens is 373 g/mol. The largest absolute Gasteiger partial charge is 0.419 e. The van der Waals surface area contributed by atoms with E-state index in [4.69, 9.17) is 0 Å². The predicted molar refractivity (Wildman–Crippen MR) is 73.5 cm³/mol. The van der Waals surface area contributed by atoms with Crippen LogP contribution in [0.15, 0.2) is 40.9 Å². The van der Waals surface area contributed by atoms with Crippen LogP contribution in [0.25, 0.3) is 0 Å². The van der Waals surface area contributed by atoms with Crippen molar-refractivity contribution in [1.82, 2.24) is 0 Å². The molecule has 0 saturated carbocycles. The number of hydrogen-bond donors (Lipinski definition) is 1. The first-order chi connectivity index (χ1) is 10.2. The molecule has 0 atom stereocenters. The van der Waals surface area contributed by atoms with Gasteiger partial charge in [0.05, 0.1) is 11.1 Å². The minimum absolute atomic E-state index is 0.291. The van der Waals surface area contributed by atoms with E-state index in [1.807, 2.05) is 0 Å². The SMILES string of the molecule is O=C(Nc1ccc(F)c(C(F)(F)F)c1)c1ccc(Br)cc1F. The molecule has 22 heavy (non-hydrogen) atoms. The Kier molecular flexibility index (Phi) is 4.50. The van der Waals surface area contributed by atoms with Crippen LogP contribution in [0.4, 0.5) is 27.6 Å². The van der Waals surface area contributed by atoms with E-state index in [1.165, 1.54) is 12.1 Å². The average molecular weight is 380 g/mol. The number of anilines is 1. The fourth-order valence-corrected chi connectivity index (χ4v) is 2.03. The second-order valence-electron chi connectivity index (χ2n) is 4.27. The van der Waals surface area contributed by atoms with Crippen molar-refractivity contribution in [2.45, 2.75) is 6.18 Å². The summed E-state index contributed by atoms with van der Waals surface area (Å²) in [6.07, 6.45) is -4.90. The lowest BCUT2D eigenvalue weighted by atomic mass is 10.1. The summed E-state index contributed by atoms with van der Waals surface area (Å²) in [5.74, 6) is -3.24. The van der Waals surface area contributed by atoms with Crippen molar-refractivity contribution < 1.29 is 26.7 Å². The van der Waals surface area contributed by atoms with E-state index in [0.717, 1.165) is 12.1 Å². The van der Waals surface area contributed by atoms with Gasteiger partial charge in [0, 0.05) is 10.2 Å². The van der Waals surface area contributed by atoms with Gasteiger partial charge in [-0.15, -0.1) is 0 Å². The third kappa shape index (κ3) is 3.62. The fraction of sp³-hybridized carbons (Fsp3) is 0.0714. The molecule has 0 fully saturated rings. The number of carbonyl (C=O) groups is 1. The molecule has 116 valence electrons. The van der Waals surface area contributed by atoms with E-state index in [0.29, 0.717) is 16.6 Å². The number of alkyl halides is 3. The molecule has 2 aromatic carbocycles. The molecule has 0 radical (unpaired) electrons. The fourth-order valence-electron chi connectivity index (χ4n) is 1.69. The topological polar surface area (TPSA) is 29.1 Å². The Balaban J connectivity index is 2.29. The van der Waals surface area contributed by atoms with Gasteiger partial charge < -0.3 is 5.32 Å². The molecule has 2 nitrogen and oxygen atoms in total. The number of halogens is 6. The third-order valence-electron chi connectivity index (χ3n) is 2.71. The maximum atomic E-state index is 13.6. The molecule has 0 aliphatic heterocycles. The van der Waals surface area contributed by atoms with E-state index < -0.39 is 29.3 Å². The zero-order valence-electron chi connectivity index (χ0n) is 10.6.